The number of carbonyl (C=O) groups is 1. The molecule has 0 spiro atoms. The molecule has 0 aliphatic carbocycles. The summed E-state index contributed by atoms with van der Waals surface area (Å²) in [5, 5.41) is 0.663. The lowest BCUT2D eigenvalue weighted by molar-refractivity contribution is 0.110. The maximum absolute atomic E-state index is 10.4. The highest BCUT2D eigenvalue weighted by Crippen LogP contribution is 2.24. The summed E-state index contributed by atoms with van der Waals surface area (Å²) in [6.07, 6.45) is 2.21. The highest BCUT2D eigenvalue weighted by atomic mass is 35.5. The molecular formula is C11H7ClO2. The van der Waals surface area contributed by atoms with Crippen molar-refractivity contribution < 1.29 is 9.21 Å². The van der Waals surface area contributed by atoms with Crippen LogP contribution in [-0.4, -0.2) is 6.29 Å². The Balaban J connectivity index is 2.43. The van der Waals surface area contributed by atoms with Crippen molar-refractivity contribution in [3.63, 3.8) is 0 Å². The summed E-state index contributed by atoms with van der Waals surface area (Å²) in [6.45, 7) is 0. The molecule has 0 bridgehead atoms. The maximum atomic E-state index is 10.4. The quantitative estimate of drug-likeness (QED) is 0.705. The fourth-order valence-corrected chi connectivity index (χ4v) is 1.42. The lowest BCUT2D eigenvalue weighted by Gasteiger charge is -1.95. The molecule has 0 radical (unpaired) electrons. The second-order valence-corrected chi connectivity index (χ2v) is 3.30. The normalized spacial score (nSPS) is 10.1. The zero-order chi connectivity index (χ0) is 9.97. The Morgan fingerprint density at radius 3 is 2.71 bits per heavy atom. The third-order valence-corrected chi connectivity index (χ3v) is 2.13. The minimum atomic E-state index is 0.319. The monoisotopic (exact) mass is 206 g/mol. The molecule has 0 aliphatic rings. The summed E-state index contributed by atoms with van der Waals surface area (Å²) in [5.74, 6) is 0.319. The van der Waals surface area contributed by atoms with Crippen LogP contribution in [0.3, 0.4) is 0 Å². The van der Waals surface area contributed by atoms with E-state index in [1.165, 1.54) is 6.26 Å². The van der Waals surface area contributed by atoms with E-state index in [0.717, 1.165) is 11.1 Å². The van der Waals surface area contributed by atoms with Gasteiger partial charge in [-0.3, -0.25) is 4.79 Å². The smallest absolute Gasteiger partial charge is 0.185 e. The topological polar surface area (TPSA) is 30.2 Å². The van der Waals surface area contributed by atoms with Crippen LogP contribution in [0.25, 0.3) is 11.1 Å². The van der Waals surface area contributed by atoms with Gasteiger partial charge in [0.15, 0.2) is 12.0 Å². The summed E-state index contributed by atoms with van der Waals surface area (Å²) in [5.41, 5.74) is 1.80. The Kier molecular flexibility index (Phi) is 2.37. The van der Waals surface area contributed by atoms with E-state index in [-0.39, 0.29) is 0 Å². The highest BCUT2D eigenvalue weighted by Gasteiger charge is 2.03. The number of carbonyl (C=O) groups excluding carboxylic acids is 1. The van der Waals surface area contributed by atoms with Crippen molar-refractivity contribution in [2.24, 2.45) is 0 Å². The molecular weight excluding hydrogens is 200 g/mol. The Hall–Kier alpha value is -1.54. The van der Waals surface area contributed by atoms with Crippen LogP contribution in [0.15, 0.2) is 41.0 Å². The molecule has 0 unspecified atom stereocenters. The molecule has 0 saturated carbocycles. The predicted molar refractivity (Wildman–Crippen MR) is 54.5 cm³/mol. The predicted octanol–water partition coefficient (Wildman–Crippen LogP) is 3.41. The fraction of sp³-hybridized carbons (Fsp3) is 0. The number of furan rings is 1. The number of halogens is 1. The second kappa shape index (κ2) is 3.68. The molecule has 0 aliphatic heterocycles. The lowest BCUT2D eigenvalue weighted by Crippen LogP contribution is -1.73. The Morgan fingerprint density at radius 2 is 2.07 bits per heavy atom. The van der Waals surface area contributed by atoms with Gasteiger partial charge in [-0.1, -0.05) is 23.7 Å². The summed E-state index contributed by atoms with van der Waals surface area (Å²) in [6, 6.07) is 9.06. The standard InChI is InChI=1S/C11H7ClO2/c12-10-3-1-2-8(4-10)9-5-11(6-13)14-7-9/h1-7H. The van der Waals surface area contributed by atoms with Crippen LogP contribution in [-0.2, 0) is 0 Å². The van der Waals surface area contributed by atoms with Crippen LogP contribution in [0.4, 0.5) is 0 Å². The maximum Gasteiger partial charge on any atom is 0.185 e. The van der Waals surface area contributed by atoms with Crippen LogP contribution in [0.5, 0.6) is 0 Å². The molecule has 0 atom stereocenters. The van der Waals surface area contributed by atoms with Crippen molar-refractivity contribution in [1.29, 1.82) is 0 Å². The Bertz CT molecular complexity index is 460. The van der Waals surface area contributed by atoms with E-state index in [1.54, 1.807) is 12.1 Å². The van der Waals surface area contributed by atoms with Gasteiger partial charge in [0.25, 0.3) is 0 Å². The average Bonchev–Trinajstić information content (AvgIpc) is 2.66. The third kappa shape index (κ3) is 1.70. The molecule has 2 nitrogen and oxygen atoms in total. The van der Waals surface area contributed by atoms with Gasteiger partial charge in [-0.15, -0.1) is 0 Å². The molecule has 0 saturated heterocycles. The Morgan fingerprint density at radius 1 is 1.21 bits per heavy atom. The van der Waals surface area contributed by atoms with Crippen molar-refractivity contribution in [2.45, 2.75) is 0 Å². The number of hydrogen-bond donors (Lipinski definition) is 0. The first kappa shape index (κ1) is 9.03. The van der Waals surface area contributed by atoms with Gasteiger partial charge < -0.3 is 4.42 Å². The van der Waals surface area contributed by atoms with Crippen molar-refractivity contribution in [2.75, 3.05) is 0 Å². The molecule has 1 aromatic carbocycles. The average molecular weight is 207 g/mol. The summed E-state index contributed by atoms with van der Waals surface area (Å²) in [7, 11) is 0. The second-order valence-electron chi connectivity index (χ2n) is 2.87. The molecule has 70 valence electrons. The van der Waals surface area contributed by atoms with Crippen LogP contribution in [0.2, 0.25) is 5.02 Å². The van der Waals surface area contributed by atoms with E-state index in [1.807, 2.05) is 18.2 Å². The van der Waals surface area contributed by atoms with Gasteiger partial charge in [0.2, 0.25) is 0 Å². The molecule has 0 fully saturated rings. The molecule has 1 aromatic heterocycles. The summed E-state index contributed by atoms with van der Waals surface area (Å²) >= 11 is 5.84. The van der Waals surface area contributed by atoms with Crippen molar-refractivity contribution in [1.82, 2.24) is 0 Å². The first-order chi connectivity index (χ1) is 6.79. The molecule has 3 heteroatoms. The molecule has 14 heavy (non-hydrogen) atoms. The number of benzene rings is 1. The van der Waals surface area contributed by atoms with Crippen LogP contribution in [0.1, 0.15) is 10.6 Å². The van der Waals surface area contributed by atoms with Gasteiger partial charge in [0.05, 0.1) is 6.26 Å². The van der Waals surface area contributed by atoms with E-state index < -0.39 is 0 Å². The fourth-order valence-electron chi connectivity index (χ4n) is 1.23. The molecule has 1 heterocycles. The molecule has 0 N–H and O–H groups in total. The highest BCUT2D eigenvalue weighted by molar-refractivity contribution is 6.30. The zero-order valence-electron chi connectivity index (χ0n) is 7.24. The van der Waals surface area contributed by atoms with Gasteiger partial charge in [-0.2, -0.15) is 0 Å². The van der Waals surface area contributed by atoms with E-state index in [9.17, 15) is 4.79 Å². The van der Waals surface area contributed by atoms with Gasteiger partial charge in [-0.05, 0) is 23.8 Å². The largest absolute Gasteiger partial charge is 0.461 e. The van der Waals surface area contributed by atoms with Gasteiger partial charge in [0, 0.05) is 10.6 Å². The van der Waals surface area contributed by atoms with Crippen LogP contribution in [0, 0.1) is 0 Å². The zero-order valence-corrected chi connectivity index (χ0v) is 7.99. The number of hydrogen-bond acceptors (Lipinski definition) is 2. The molecule has 2 aromatic rings. The number of aldehydes is 1. The van der Waals surface area contributed by atoms with E-state index >= 15 is 0 Å². The molecule has 2 rings (SSSR count). The minimum absolute atomic E-state index is 0.319. The summed E-state index contributed by atoms with van der Waals surface area (Å²) < 4.78 is 5.00. The van der Waals surface area contributed by atoms with E-state index in [4.69, 9.17) is 16.0 Å². The number of rotatable bonds is 2. The van der Waals surface area contributed by atoms with Crippen LogP contribution < -0.4 is 0 Å². The van der Waals surface area contributed by atoms with Gasteiger partial charge in [0.1, 0.15) is 0 Å². The van der Waals surface area contributed by atoms with E-state index in [2.05, 4.69) is 0 Å². The third-order valence-electron chi connectivity index (χ3n) is 1.89. The minimum Gasteiger partial charge on any atom is -0.461 e. The van der Waals surface area contributed by atoms with Gasteiger partial charge in [-0.25, -0.2) is 0 Å². The van der Waals surface area contributed by atoms with Crippen molar-refractivity contribution in [3.05, 3.63) is 47.4 Å². The first-order valence-corrected chi connectivity index (χ1v) is 4.47. The lowest BCUT2D eigenvalue weighted by atomic mass is 10.1. The van der Waals surface area contributed by atoms with E-state index in [0.29, 0.717) is 17.1 Å². The van der Waals surface area contributed by atoms with Gasteiger partial charge >= 0.3 is 0 Å². The molecule has 0 amide bonds. The van der Waals surface area contributed by atoms with Crippen molar-refractivity contribution >= 4 is 17.9 Å². The van der Waals surface area contributed by atoms with Crippen molar-refractivity contribution in [3.8, 4) is 11.1 Å². The first-order valence-electron chi connectivity index (χ1n) is 4.09. The Labute approximate surface area is 86.1 Å². The summed E-state index contributed by atoms with van der Waals surface area (Å²) in [4.78, 5) is 10.4. The SMILES string of the molecule is O=Cc1cc(-c2cccc(Cl)c2)co1. The van der Waals surface area contributed by atoms with Crippen LogP contribution >= 0.6 is 11.6 Å².